The normalized spacial score (nSPS) is 19.3. The van der Waals surface area contributed by atoms with Crippen molar-refractivity contribution in [1.82, 2.24) is 4.90 Å². The first-order valence-electron chi connectivity index (χ1n) is 6.10. The molecular formula is C12H27NO2. The van der Waals surface area contributed by atoms with Crippen LogP contribution in [0, 0.1) is 5.92 Å². The molecule has 3 heteroatoms. The highest BCUT2D eigenvalue weighted by Gasteiger charge is 2.20. The molecule has 0 radical (unpaired) electrons. The topological polar surface area (TPSA) is 40.5 Å². The van der Waals surface area contributed by atoms with E-state index in [0.717, 1.165) is 25.9 Å². The molecule has 0 saturated carbocycles. The van der Waals surface area contributed by atoms with E-state index in [1.807, 2.05) is 32.6 Å². The molecule has 0 aromatic carbocycles. The van der Waals surface area contributed by atoms with Crippen LogP contribution in [0.4, 0.5) is 0 Å². The second-order valence-electron chi connectivity index (χ2n) is 3.16. The Hall–Kier alpha value is -0.570. The van der Waals surface area contributed by atoms with Crippen molar-refractivity contribution in [2.45, 2.75) is 47.5 Å². The van der Waals surface area contributed by atoms with Gasteiger partial charge in [-0.1, -0.05) is 27.7 Å². The number of aliphatic hydroxyl groups excluding tert-OH is 1. The Morgan fingerprint density at radius 3 is 2.27 bits per heavy atom. The average molecular weight is 217 g/mol. The summed E-state index contributed by atoms with van der Waals surface area (Å²) in [6.07, 6.45) is 2.09. The summed E-state index contributed by atoms with van der Waals surface area (Å²) in [6, 6.07) is 0. The van der Waals surface area contributed by atoms with Gasteiger partial charge in [-0.05, 0) is 18.8 Å². The van der Waals surface area contributed by atoms with Crippen molar-refractivity contribution in [2.24, 2.45) is 5.92 Å². The van der Waals surface area contributed by atoms with E-state index in [2.05, 4.69) is 0 Å². The van der Waals surface area contributed by atoms with Gasteiger partial charge in [0.2, 0.25) is 5.91 Å². The van der Waals surface area contributed by atoms with Crippen molar-refractivity contribution in [2.75, 3.05) is 19.7 Å². The van der Waals surface area contributed by atoms with Gasteiger partial charge in [0.25, 0.3) is 0 Å². The van der Waals surface area contributed by atoms with E-state index in [-0.39, 0.29) is 12.5 Å². The van der Waals surface area contributed by atoms with Crippen molar-refractivity contribution in [1.29, 1.82) is 0 Å². The quantitative estimate of drug-likeness (QED) is 0.732. The molecule has 0 aromatic rings. The fourth-order valence-corrected chi connectivity index (χ4v) is 1.50. The molecule has 0 spiro atoms. The fraction of sp³-hybridized carbons (Fsp3) is 0.917. The van der Waals surface area contributed by atoms with Crippen LogP contribution in [0.3, 0.4) is 0 Å². The van der Waals surface area contributed by atoms with Gasteiger partial charge >= 0.3 is 0 Å². The van der Waals surface area contributed by atoms with Gasteiger partial charge < -0.3 is 10.0 Å². The number of aliphatic hydroxyl groups is 1. The van der Waals surface area contributed by atoms with Gasteiger partial charge in [-0.15, -0.1) is 0 Å². The number of carbonyl (C=O) groups excluding carboxylic acids is 1. The lowest BCUT2D eigenvalue weighted by molar-refractivity contribution is -0.130. The number of amides is 1. The molecule has 92 valence electrons. The number of hydrogen-bond acceptors (Lipinski definition) is 2. The molecule has 1 amide bonds. The Kier molecular flexibility index (Phi) is 12.9. The first kappa shape index (κ1) is 16.8. The number of rotatable bonds is 1. The number of likely N-dealkylation sites (tertiary alicyclic amines) is 1. The van der Waals surface area contributed by atoms with E-state index in [9.17, 15) is 4.79 Å². The second kappa shape index (κ2) is 11.5. The van der Waals surface area contributed by atoms with Crippen LogP contribution < -0.4 is 0 Å². The summed E-state index contributed by atoms with van der Waals surface area (Å²) >= 11 is 0. The van der Waals surface area contributed by atoms with Crippen LogP contribution in [0.25, 0.3) is 0 Å². The van der Waals surface area contributed by atoms with Crippen molar-refractivity contribution in [3.63, 3.8) is 0 Å². The highest BCUT2D eigenvalue weighted by molar-refractivity contribution is 5.73. The Morgan fingerprint density at radius 2 is 1.87 bits per heavy atom. The fourth-order valence-electron chi connectivity index (χ4n) is 1.50. The Bertz CT molecular complexity index is 149. The molecule has 0 aromatic heterocycles. The SMILES string of the molecule is CC.CC.CC(=O)N1CCCC(CO)C1. The monoisotopic (exact) mass is 217 g/mol. The van der Waals surface area contributed by atoms with E-state index >= 15 is 0 Å². The molecule has 1 unspecified atom stereocenters. The summed E-state index contributed by atoms with van der Waals surface area (Å²) in [5, 5.41) is 8.85. The smallest absolute Gasteiger partial charge is 0.219 e. The van der Waals surface area contributed by atoms with Crippen LogP contribution >= 0.6 is 0 Å². The Labute approximate surface area is 94.5 Å². The zero-order valence-electron chi connectivity index (χ0n) is 10.9. The van der Waals surface area contributed by atoms with Gasteiger partial charge in [0.1, 0.15) is 0 Å². The van der Waals surface area contributed by atoms with Crippen LogP contribution in [0.1, 0.15) is 47.5 Å². The van der Waals surface area contributed by atoms with E-state index < -0.39 is 0 Å². The number of hydrogen-bond donors (Lipinski definition) is 1. The first-order valence-corrected chi connectivity index (χ1v) is 6.10. The highest BCUT2D eigenvalue weighted by Crippen LogP contribution is 2.15. The van der Waals surface area contributed by atoms with Gasteiger partial charge in [-0.25, -0.2) is 0 Å². The number of piperidine rings is 1. The molecule has 1 saturated heterocycles. The van der Waals surface area contributed by atoms with Gasteiger partial charge in [-0.3, -0.25) is 4.79 Å². The maximum Gasteiger partial charge on any atom is 0.219 e. The zero-order valence-corrected chi connectivity index (χ0v) is 10.9. The van der Waals surface area contributed by atoms with Crippen LogP contribution in [0.2, 0.25) is 0 Å². The zero-order chi connectivity index (χ0) is 12.3. The summed E-state index contributed by atoms with van der Waals surface area (Å²) in [4.78, 5) is 12.7. The summed E-state index contributed by atoms with van der Waals surface area (Å²) in [5.41, 5.74) is 0. The third-order valence-corrected chi connectivity index (χ3v) is 2.22. The largest absolute Gasteiger partial charge is 0.396 e. The molecule has 1 aliphatic heterocycles. The molecule has 15 heavy (non-hydrogen) atoms. The number of nitrogens with zero attached hydrogens (tertiary/aromatic N) is 1. The van der Waals surface area contributed by atoms with Crippen LogP contribution in [0.5, 0.6) is 0 Å². The first-order chi connectivity index (χ1) is 7.24. The van der Waals surface area contributed by atoms with E-state index in [1.54, 1.807) is 6.92 Å². The molecule has 1 N–H and O–H groups in total. The van der Waals surface area contributed by atoms with Gasteiger partial charge in [0, 0.05) is 26.6 Å². The summed E-state index contributed by atoms with van der Waals surface area (Å²) in [6.45, 7) is 11.4. The maximum absolute atomic E-state index is 10.9. The average Bonchev–Trinajstić information content (AvgIpc) is 2.34. The van der Waals surface area contributed by atoms with Gasteiger partial charge in [-0.2, -0.15) is 0 Å². The van der Waals surface area contributed by atoms with Gasteiger partial charge in [0.15, 0.2) is 0 Å². The van der Waals surface area contributed by atoms with Crippen molar-refractivity contribution >= 4 is 5.91 Å². The highest BCUT2D eigenvalue weighted by atomic mass is 16.3. The summed E-state index contributed by atoms with van der Waals surface area (Å²) in [7, 11) is 0. The lowest BCUT2D eigenvalue weighted by atomic mass is 9.99. The van der Waals surface area contributed by atoms with E-state index in [4.69, 9.17) is 5.11 Å². The van der Waals surface area contributed by atoms with Gasteiger partial charge in [0.05, 0.1) is 0 Å². The minimum Gasteiger partial charge on any atom is -0.396 e. The molecule has 0 bridgehead atoms. The minimum atomic E-state index is 0.128. The van der Waals surface area contributed by atoms with Crippen molar-refractivity contribution < 1.29 is 9.90 Å². The lowest BCUT2D eigenvalue weighted by Gasteiger charge is -2.30. The summed E-state index contributed by atoms with van der Waals surface area (Å²) < 4.78 is 0. The van der Waals surface area contributed by atoms with Crippen molar-refractivity contribution in [3.05, 3.63) is 0 Å². The molecule has 1 atom stereocenters. The molecule has 1 aliphatic rings. The predicted octanol–water partition coefficient (Wildman–Crippen LogP) is 2.29. The molecule has 3 nitrogen and oxygen atoms in total. The van der Waals surface area contributed by atoms with Crippen molar-refractivity contribution in [3.8, 4) is 0 Å². The third kappa shape index (κ3) is 7.37. The standard InChI is InChI=1S/C8H15NO2.2C2H6/c1-7(11)9-4-2-3-8(5-9)6-10;2*1-2/h8,10H,2-6H2,1H3;2*1-2H3. The molecule has 1 fully saturated rings. The van der Waals surface area contributed by atoms with E-state index in [0.29, 0.717) is 5.92 Å². The maximum atomic E-state index is 10.9. The van der Waals surface area contributed by atoms with Crippen LogP contribution in [0.15, 0.2) is 0 Å². The molecule has 0 aliphatic carbocycles. The predicted molar refractivity (Wildman–Crippen MR) is 64.8 cm³/mol. The minimum absolute atomic E-state index is 0.128. The Balaban J connectivity index is 0. The molecular weight excluding hydrogens is 190 g/mol. The number of carbonyl (C=O) groups is 1. The van der Waals surface area contributed by atoms with Crippen LogP contribution in [-0.2, 0) is 4.79 Å². The third-order valence-electron chi connectivity index (χ3n) is 2.22. The van der Waals surface area contributed by atoms with Crippen LogP contribution in [-0.4, -0.2) is 35.6 Å². The van der Waals surface area contributed by atoms with E-state index in [1.165, 1.54) is 0 Å². The summed E-state index contributed by atoms with van der Waals surface area (Å²) in [5.74, 6) is 0.441. The Morgan fingerprint density at radius 1 is 1.33 bits per heavy atom. The molecule has 1 rings (SSSR count). The lowest BCUT2D eigenvalue weighted by Crippen LogP contribution is -2.39. The molecule has 1 heterocycles. The second-order valence-corrected chi connectivity index (χ2v) is 3.16.